The van der Waals surface area contributed by atoms with Crippen molar-refractivity contribution in [1.82, 2.24) is 29.1 Å². The van der Waals surface area contributed by atoms with Crippen LogP contribution in [-0.2, 0) is 0 Å². The minimum absolute atomic E-state index is 0.0989. The topological polar surface area (TPSA) is 108 Å². The molecule has 9 nitrogen and oxygen atoms in total. The largest absolute Gasteiger partial charge is 0.476 e. The second kappa shape index (κ2) is 5.76. The molecule has 0 amide bonds. The summed E-state index contributed by atoms with van der Waals surface area (Å²) < 4.78 is 9.20. The van der Waals surface area contributed by atoms with Crippen molar-refractivity contribution in [3.63, 3.8) is 0 Å². The minimum atomic E-state index is -0.392. The number of aromatic nitrogens is 6. The van der Waals surface area contributed by atoms with Gasteiger partial charge in [0, 0.05) is 18.3 Å². The SMILES string of the molecule is C[C@@H]1CCCOc2ncnc3[nH]c(=O)n(c23)-c2ccc3c(=O)ccn1c3n2. The zero-order valence-electron chi connectivity index (χ0n) is 14.5. The predicted molar refractivity (Wildman–Crippen MR) is 98.5 cm³/mol. The molecule has 4 aromatic rings. The molecule has 1 atom stereocenters. The van der Waals surface area contributed by atoms with Gasteiger partial charge in [0.05, 0.1) is 12.0 Å². The van der Waals surface area contributed by atoms with Gasteiger partial charge in [-0.2, -0.15) is 4.98 Å². The Kier molecular flexibility index (Phi) is 3.36. The Hall–Kier alpha value is -3.49. The van der Waals surface area contributed by atoms with Crippen LogP contribution in [0.2, 0.25) is 0 Å². The highest BCUT2D eigenvalue weighted by Gasteiger charge is 2.19. The molecule has 0 saturated carbocycles. The standard InChI is InChI=1S/C18H16N6O3/c1-10-3-2-8-27-17-14-15(19-9-20-17)22-18(26)24(14)13-5-4-11-12(25)6-7-23(10)16(11)21-13/h4-7,9-10H,2-3,8H2,1H3,(H,19,20,22,26)/t10-/m1/s1. The third-order valence-electron chi connectivity index (χ3n) is 4.91. The third-order valence-corrected chi connectivity index (χ3v) is 4.91. The van der Waals surface area contributed by atoms with Crippen LogP contribution in [0.25, 0.3) is 28.0 Å². The lowest BCUT2D eigenvalue weighted by Gasteiger charge is -2.19. The van der Waals surface area contributed by atoms with Gasteiger partial charge >= 0.3 is 5.69 Å². The lowest BCUT2D eigenvalue weighted by atomic mass is 10.1. The van der Waals surface area contributed by atoms with E-state index >= 15 is 0 Å². The number of ether oxygens (including phenoxy) is 1. The van der Waals surface area contributed by atoms with E-state index in [0.717, 1.165) is 12.8 Å². The van der Waals surface area contributed by atoms with Crippen LogP contribution in [0.1, 0.15) is 25.8 Å². The summed E-state index contributed by atoms with van der Waals surface area (Å²) in [5.41, 5.74) is 0.875. The zero-order chi connectivity index (χ0) is 18.5. The number of nitrogens with one attached hydrogen (secondary N) is 1. The van der Waals surface area contributed by atoms with Crippen molar-refractivity contribution in [1.29, 1.82) is 0 Å². The maximum atomic E-state index is 12.6. The lowest BCUT2D eigenvalue weighted by Crippen LogP contribution is -2.19. The Morgan fingerprint density at radius 1 is 1.22 bits per heavy atom. The lowest BCUT2D eigenvalue weighted by molar-refractivity contribution is 0.287. The second-order valence-corrected chi connectivity index (χ2v) is 6.61. The summed E-state index contributed by atoms with van der Waals surface area (Å²) in [5, 5.41) is 0.519. The minimum Gasteiger partial charge on any atom is -0.476 e. The van der Waals surface area contributed by atoms with Gasteiger partial charge in [0.2, 0.25) is 5.88 Å². The van der Waals surface area contributed by atoms with Crippen LogP contribution in [0.4, 0.5) is 0 Å². The molecule has 0 unspecified atom stereocenters. The second-order valence-electron chi connectivity index (χ2n) is 6.61. The fraction of sp³-hybridized carbons (Fsp3) is 0.278. The highest BCUT2D eigenvalue weighted by molar-refractivity contribution is 5.80. The third kappa shape index (κ3) is 2.35. The van der Waals surface area contributed by atoms with Crippen LogP contribution >= 0.6 is 0 Å². The molecule has 9 heteroatoms. The van der Waals surface area contributed by atoms with Crippen molar-refractivity contribution in [3.05, 3.63) is 51.4 Å². The fourth-order valence-corrected chi connectivity index (χ4v) is 3.54. The normalized spacial score (nSPS) is 16.9. The van der Waals surface area contributed by atoms with Crippen LogP contribution in [0.5, 0.6) is 5.88 Å². The van der Waals surface area contributed by atoms with E-state index < -0.39 is 5.69 Å². The Morgan fingerprint density at radius 2 is 2.11 bits per heavy atom. The van der Waals surface area contributed by atoms with E-state index in [0.29, 0.717) is 40.5 Å². The summed E-state index contributed by atoms with van der Waals surface area (Å²) in [6, 6.07) is 5.01. The molecule has 0 saturated heterocycles. The summed E-state index contributed by atoms with van der Waals surface area (Å²) in [7, 11) is 0. The van der Waals surface area contributed by atoms with Crippen molar-refractivity contribution >= 4 is 22.2 Å². The molecule has 0 spiro atoms. The van der Waals surface area contributed by atoms with Gasteiger partial charge in [-0.15, -0.1) is 0 Å². The van der Waals surface area contributed by atoms with Crippen molar-refractivity contribution in [2.75, 3.05) is 6.61 Å². The number of imidazole rings is 1. The molecule has 4 aromatic heterocycles. The summed E-state index contributed by atoms with van der Waals surface area (Å²) in [5.74, 6) is 0.712. The number of hydrogen-bond donors (Lipinski definition) is 1. The molecular weight excluding hydrogens is 348 g/mol. The number of pyridine rings is 2. The molecule has 1 aliphatic rings. The van der Waals surface area contributed by atoms with Crippen LogP contribution in [-0.4, -0.2) is 35.7 Å². The average molecular weight is 364 g/mol. The van der Waals surface area contributed by atoms with E-state index in [1.807, 2.05) is 4.57 Å². The first kappa shape index (κ1) is 15.7. The van der Waals surface area contributed by atoms with Gasteiger partial charge in [0.25, 0.3) is 0 Å². The van der Waals surface area contributed by atoms with E-state index in [9.17, 15) is 9.59 Å². The van der Waals surface area contributed by atoms with Gasteiger partial charge in [0.1, 0.15) is 17.8 Å². The number of rotatable bonds is 0. The summed E-state index contributed by atoms with van der Waals surface area (Å²) in [4.78, 5) is 40.6. The quantitative estimate of drug-likeness (QED) is 0.507. The average Bonchev–Trinajstić information content (AvgIpc) is 3.00. The first-order valence-corrected chi connectivity index (χ1v) is 8.74. The van der Waals surface area contributed by atoms with Gasteiger partial charge in [-0.3, -0.25) is 9.78 Å². The molecule has 1 aliphatic heterocycles. The molecule has 0 fully saturated rings. The molecule has 5 heterocycles. The van der Waals surface area contributed by atoms with E-state index in [2.05, 4.69) is 26.9 Å². The first-order chi connectivity index (χ1) is 13.1. The number of H-pyrrole nitrogens is 1. The summed E-state index contributed by atoms with van der Waals surface area (Å²) in [6.45, 7) is 2.53. The van der Waals surface area contributed by atoms with E-state index in [4.69, 9.17) is 4.74 Å². The number of fused-ring (bicyclic) bond motifs is 2. The highest BCUT2D eigenvalue weighted by atomic mass is 16.5. The Labute approximate surface area is 152 Å². The van der Waals surface area contributed by atoms with E-state index in [1.165, 1.54) is 10.9 Å². The first-order valence-electron chi connectivity index (χ1n) is 8.74. The zero-order valence-corrected chi connectivity index (χ0v) is 14.5. The van der Waals surface area contributed by atoms with Gasteiger partial charge in [-0.25, -0.2) is 19.3 Å². The molecule has 1 N–H and O–H groups in total. The van der Waals surface area contributed by atoms with Crippen LogP contribution in [0.3, 0.4) is 0 Å². The van der Waals surface area contributed by atoms with Crippen molar-refractivity contribution in [2.24, 2.45) is 0 Å². The van der Waals surface area contributed by atoms with Gasteiger partial charge < -0.3 is 9.30 Å². The van der Waals surface area contributed by atoms with Crippen LogP contribution < -0.4 is 15.9 Å². The smallest absolute Gasteiger partial charge is 0.333 e. The number of aromatic amines is 1. The Morgan fingerprint density at radius 3 is 3.00 bits per heavy atom. The van der Waals surface area contributed by atoms with Crippen LogP contribution in [0.15, 0.2) is 40.3 Å². The number of nitrogens with zero attached hydrogens (tertiary/aromatic N) is 5. The summed E-state index contributed by atoms with van der Waals surface area (Å²) in [6.07, 6.45) is 4.75. The molecule has 27 heavy (non-hydrogen) atoms. The Bertz CT molecular complexity index is 1300. The van der Waals surface area contributed by atoms with E-state index in [-0.39, 0.29) is 11.5 Å². The van der Waals surface area contributed by atoms with Crippen LogP contribution in [0, 0.1) is 0 Å². The number of hydrogen-bond acceptors (Lipinski definition) is 6. The molecule has 0 radical (unpaired) electrons. The van der Waals surface area contributed by atoms with Crippen molar-refractivity contribution in [3.8, 4) is 11.7 Å². The van der Waals surface area contributed by atoms with Crippen molar-refractivity contribution in [2.45, 2.75) is 25.8 Å². The fourth-order valence-electron chi connectivity index (χ4n) is 3.54. The molecule has 0 aromatic carbocycles. The molecule has 136 valence electrons. The molecule has 2 bridgehead atoms. The van der Waals surface area contributed by atoms with Crippen molar-refractivity contribution < 1.29 is 4.74 Å². The molecule has 0 aliphatic carbocycles. The Balaban J connectivity index is 1.92. The molecule has 5 rings (SSSR count). The monoisotopic (exact) mass is 364 g/mol. The maximum absolute atomic E-state index is 12.6. The predicted octanol–water partition coefficient (Wildman–Crippen LogP) is 1.55. The maximum Gasteiger partial charge on any atom is 0.333 e. The van der Waals surface area contributed by atoms with E-state index in [1.54, 1.807) is 24.4 Å². The van der Waals surface area contributed by atoms with Gasteiger partial charge in [-0.1, -0.05) is 0 Å². The van der Waals surface area contributed by atoms with Gasteiger partial charge in [-0.05, 0) is 31.9 Å². The van der Waals surface area contributed by atoms with Gasteiger partial charge in [0.15, 0.2) is 16.6 Å². The highest BCUT2D eigenvalue weighted by Crippen LogP contribution is 2.25. The molecular formula is C18H16N6O3. The summed E-state index contributed by atoms with van der Waals surface area (Å²) >= 11 is 0.